The van der Waals surface area contributed by atoms with Crippen LogP contribution in [0.5, 0.6) is 0 Å². The lowest BCUT2D eigenvalue weighted by atomic mass is 10.0. The van der Waals surface area contributed by atoms with Gasteiger partial charge in [0.25, 0.3) is 0 Å². The van der Waals surface area contributed by atoms with Gasteiger partial charge >= 0.3 is 6.03 Å². The summed E-state index contributed by atoms with van der Waals surface area (Å²) in [6.07, 6.45) is 1.69. The zero-order chi connectivity index (χ0) is 17.1. The Labute approximate surface area is 144 Å². The predicted octanol–water partition coefficient (Wildman–Crippen LogP) is 1.94. The quantitative estimate of drug-likeness (QED) is 0.886. The van der Waals surface area contributed by atoms with E-state index in [1.807, 2.05) is 37.3 Å². The number of rotatable bonds is 5. The highest BCUT2D eigenvalue weighted by Gasteiger charge is 2.38. The number of imide groups is 1. The molecule has 0 saturated heterocycles. The van der Waals surface area contributed by atoms with Crippen LogP contribution in [-0.2, 0) is 9.59 Å². The Morgan fingerprint density at radius 2 is 2.08 bits per heavy atom. The molecule has 4 amide bonds. The smallest absolute Gasteiger partial charge is 0.350 e. The van der Waals surface area contributed by atoms with Crippen molar-refractivity contribution in [1.82, 2.24) is 10.2 Å². The van der Waals surface area contributed by atoms with E-state index in [4.69, 9.17) is 0 Å². The second-order valence-corrected chi connectivity index (χ2v) is 6.57. The summed E-state index contributed by atoms with van der Waals surface area (Å²) in [7, 11) is 0. The van der Waals surface area contributed by atoms with Crippen molar-refractivity contribution in [3.05, 3.63) is 47.4 Å². The predicted molar refractivity (Wildman–Crippen MR) is 92.9 cm³/mol. The summed E-state index contributed by atoms with van der Waals surface area (Å²) in [4.78, 5) is 41.4. The fourth-order valence-corrected chi connectivity index (χ4v) is 3.46. The Bertz CT molecular complexity index is 730. The van der Waals surface area contributed by atoms with Crippen LogP contribution in [0.15, 0.2) is 46.8 Å². The molecular weight excluding hydrogens is 326 g/mol. The zero-order valence-electron chi connectivity index (χ0n) is 13.1. The van der Waals surface area contributed by atoms with E-state index in [1.165, 1.54) is 11.8 Å². The van der Waals surface area contributed by atoms with Gasteiger partial charge in [0, 0.05) is 13.1 Å². The van der Waals surface area contributed by atoms with Gasteiger partial charge in [0.15, 0.2) is 0 Å². The van der Waals surface area contributed by atoms with Crippen LogP contribution in [0, 0.1) is 0 Å². The Kier molecular flexibility index (Phi) is 4.80. The molecule has 24 heavy (non-hydrogen) atoms. The van der Waals surface area contributed by atoms with Crippen LogP contribution < -0.4 is 5.32 Å². The number of benzene rings is 1. The van der Waals surface area contributed by atoms with Crippen molar-refractivity contribution in [2.75, 3.05) is 13.1 Å². The minimum atomic E-state index is -0.566. The number of nitrogens with one attached hydrogen (secondary N) is 1. The number of urea groups is 1. The van der Waals surface area contributed by atoms with Gasteiger partial charge in [-0.05, 0) is 24.0 Å². The van der Waals surface area contributed by atoms with Gasteiger partial charge in [-0.25, -0.2) is 4.79 Å². The van der Waals surface area contributed by atoms with Crippen LogP contribution in [0.4, 0.5) is 4.79 Å². The van der Waals surface area contributed by atoms with E-state index in [1.54, 1.807) is 11.5 Å². The van der Waals surface area contributed by atoms with Gasteiger partial charge in [0.05, 0.1) is 11.6 Å². The first kappa shape index (κ1) is 16.4. The van der Waals surface area contributed by atoms with Crippen molar-refractivity contribution >= 4 is 35.3 Å². The van der Waals surface area contributed by atoms with Gasteiger partial charge in [-0.2, -0.15) is 4.99 Å². The fraction of sp³-hybridized carbons (Fsp3) is 0.294. The number of hydrogen-bond donors (Lipinski definition) is 1. The molecule has 2 aliphatic rings. The molecule has 0 aromatic heterocycles. The summed E-state index contributed by atoms with van der Waals surface area (Å²) < 4.78 is 0. The number of allylic oxidation sites excluding steroid dienone is 1. The van der Waals surface area contributed by atoms with Crippen molar-refractivity contribution in [2.45, 2.75) is 18.1 Å². The molecule has 2 atom stereocenters. The molecule has 2 heterocycles. The Morgan fingerprint density at radius 1 is 1.33 bits per heavy atom. The van der Waals surface area contributed by atoms with Crippen LogP contribution in [0.3, 0.4) is 0 Å². The minimum absolute atomic E-state index is 0.124. The van der Waals surface area contributed by atoms with E-state index in [9.17, 15) is 14.4 Å². The Balaban J connectivity index is 1.54. The SMILES string of the molecule is CC(C(=O)NCCN1C(=O)N=C2C=CSC2C1=O)c1ccccc1. The molecule has 7 heteroatoms. The standard InChI is InChI=1S/C17H17N3O3S/c1-11(12-5-3-2-4-6-12)15(21)18-8-9-20-16(22)14-13(7-10-24-14)19-17(20)23/h2-7,10-11,14H,8-9H2,1H3,(H,18,21). The summed E-state index contributed by atoms with van der Waals surface area (Å²) in [5, 5.41) is 4.11. The first-order valence-corrected chi connectivity index (χ1v) is 8.61. The lowest BCUT2D eigenvalue weighted by molar-refractivity contribution is -0.127. The maximum Gasteiger partial charge on any atom is 0.350 e. The summed E-state index contributed by atoms with van der Waals surface area (Å²) in [6, 6.07) is 8.88. The Hall–Kier alpha value is -2.41. The molecule has 0 spiro atoms. The molecule has 6 nitrogen and oxygen atoms in total. The summed E-state index contributed by atoms with van der Waals surface area (Å²) >= 11 is 1.34. The maximum atomic E-state index is 12.3. The summed E-state index contributed by atoms with van der Waals surface area (Å²) in [5.74, 6) is -0.706. The van der Waals surface area contributed by atoms with Crippen LogP contribution in [0.1, 0.15) is 18.4 Å². The topological polar surface area (TPSA) is 78.8 Å². The second-order valence-electron chi connectivity index (χ2n) is 5.55. The molecule has 124 valence electrons. The second kappa shape index (κ2) is 7.00. The van der Waals surface area contributed by atoms with Crippen molar-refractivity contribution in [2.24, 2.45) is 4.99 Å². The number of amides is 4. The van der Waals surface area contributed by atoms with Gasteiger partial charge in [-0.15, -0.1) is 11.8 Å². The normalized spacial score (nSPS) is 20.6. The van der Waals surface area contributed by atoms with Gasteiger partial charge < -0.3 is 5.32 Å². The molecule has 2 unspecified atom stereocenters. The summed E-state index contributed by atoms with van der Waals surface area (Å²) in [5.41, 5.74) is 1.43. The molecule has 0 fully saturated rings. The van der Waals surface area contributed by atoms with E-state index in [-0.39, 0.29) is 30.8 Å². The van der Waals surface area contributed by atoms with Crippen molar-refractivity contribution in [3.8, 4) is 0 Å². The van der Waals surface area contributed by atoms with Gasteiger partial charge in [0.1, 0.15) is 5.25 Å². The van der Waals surface area contributed by atoms with E-state index >= 15 is 0 Å². The van der Waals surface area contributed by atoms with Crippen molar-refractivity contribution in [3.63, 3.8) is 0 Å². The van der Waals surface area contributed by atoms with Crippen molar-refractivity contribution < 1.29 is 14.4 Å². The minimum Gasteiger partial charge on any atom is -0.354 e. The highest BCUT2D eigenvalue weighted by molar-refractivity contribution is 8.04. The fourth-order valence-electron chi connectivity index (χ4n) is 2.57. The molecule has 1 N–H and O–H groups in total. The van der Waals surface area contributed by atoms with Crippen LogP contribution >= 0.6 is 11.8 Å². The monoisotopic (exact) mass is 343 g/mol. The third-order valence-corrected chi connectivity index (χ3v) is 5.00. The molecule has 0 radical (unpaired) electrons. The highest BCUT2D eigenvalue weighted by atomic mass is 32.2. The largest absolute Gasteiger partial charge is 0.354 e. The number of carbonyl (C=O) groups is 3. The molecule has 0 bridgehead atoms. The number of carbonyl (C=O) groups excluding carboxylic acids is 3. The number of hydrogen-bond acceptors (Lipinski definition) is 4. The first-order valence-electron chi connectivity index (χ1n) is 7.66. The lowest BCUT2D eigenvalue weighted by Gasteiger charge is -2.26. The number of aliphatic imine (C=N–C) groups is 1. The molecular formula is C17H17N3O3S. The number of nitrogens with zero attached hydrogens (tertiary/aromatic N) is 2. The van der Waals surface area contributed by atoms with Crippen LogP contribution in [0.25, 0.3) is 0 Å². The average Bonchev–Trinajstić information content (AvgIpc) is 3.06. The molecule has 0 saturated carbocycles. The van der Waals surface area contributed by atoms with E-state index < -0.39 is 11.3 Å². The van der Waals surface area contributed by atoms with Gasteiger partial charge in [-0.3, -0.25) is 14.5 Å². The molecule has 0 aliphatic carbocycles. The third kappa shape index (κ3) is 3.26. The number of thioether (sulfide) groups is 1. The van der Waals surface area contributed by atoms with Crippen LogP contribution in [-0.4, -0.2) is 46.8 Å². The van der Waals surface area contributed by atoms with Gasteiger partial charge in [0.2, 0.25) is 11.8 Å². The molecule has 1 aromatic carbocycles. The maximum absolute atomic E-state index is 12.3. The molecule has 2 aliphatic heterocycles. The average molecular weight is 343 g/mol. The van der Waals surface area contributed by atoms with E-state index in [0.29, 0.717) is 5.71 Å². The zero-order valence-corrected chi connectivity index (χ0v) is 14.0. The van der Waals surface area contributed by atoms with Crippen LogP contribution in [0.2, 0.25) is 0 Å². The lowest BCUT2D eigenvalue weighted by Crippen LogP contribution is -2.49. The highest BCUT2D eigenvalue weighted by Crippen LogP contribution is 2.27. The molecule has 3 rings (SSSR count). The first-order chi connectivity index (χ1) is 11.6. The van der Waals surface area contributed by atoms with E-state index in [2.05, 4.69) is 10.3 Å². The van der Waals surface area contributed by atoms with Crippen molar-refractivity contribution in [1.29, 1.82) is 0 Å². The van der Waals surface area contributed by atoms with E-state index in [0.717, 1.165) is 10.5 Å². The van der Waals surface area contributed by atoms with Gasteiger partial charge in [-0.1, -0.05) is 30.3 Å². The number of fused-ring (bicyclic) bond motifs is 1. The Morgan fingerprint density at radius 3 is 2.83 bits per heavy atom. The molecule has 1 aromatic rings. The summed E-state index contributed by atoms with van der Waals surface area (Å²) in [6.45, 7) is 2.15. The third-order valence-electron chi connectivity index (χ3n) is 4.00.